The number of hydrogen-bond acceptors (Lipinski definition) is 3. The van der Waals surface area contributed by atoms with E-state index in [1.165, 1.54) is 0 Å². The first-order chi connectivity index (χ1) is 14.5. The van der Waals surface area contributed by atoms with Crippen LogP contribution in [-0.4, -0.2) is 6.61 Å². The number of hydrogen-bond donors (Lipinski definition) is 0. The molecule has 3 aromatic carbocycles. The first-order valence-corrected chi connectivity index (χ1v) is 11.1. The normalized spacial score (nSPS) is 11.1. The molecule has 0 bridgehead atoms. The fourth-order valence-corrected chi connectivity index (χ4v) is 3.73. The van der Waals surface area contributed by atoms with Gasteiger partial charge in [-0.2, -0.15) is 5.26 Å². The topological polar surface area (TPSA) is 42.2 Å². The summed E-state index contributed by atoms with van der Waals surface area (Å²) in [6, 6.07) is 22.0. The molecule has 0 aliphatic rings. The average Bonchev–Trinajstić information content (AvgIpc) is 2.73. The van der Waals surface area contributed by atoms with E-state index in [4.69, 9.17) is 9.47 Å². The van der Waals surface area contributed by atoms with Gasteiger partial charge >= 0.3 is 0 Å². The van der Waals surface area contributed by atoms with E-state index in [2.05, 4.69) is 37.9 Å². The van der Waals surface area contributed by atoms with E-state index in [1.807, 2.05) is 80.6 Å². The van der Waals surface area contributed by atoms with Crippen molar-refractivity contribution in [3.8, 4) is 17.6 Å². The second kappa shape index (κ2) is 10.5. The highest BCUT2D eigenvalue weighted by atomic mass is 79.9. The van der Waals surface area contributed by atoms with Crippen molar-refractivity contribution in [2.24, 2.45) is 0 Å². The van der Waals surface area contributed by atoms with Crippen LogP contribution in [0.3, 0.4) is 0 Å². The molecule has 30 heavy (non-hydrogen) atoms. The van der Waals surface area contributed by atoms with E-state index in [-0.39, 0.29) is 0 Å². The van der Waals surface area contributed by atoms with Crippen LogP contribution in [0.1, 0.15) is 29.2 Å². The van der Waals surface area contributed by atoms with E-state index in [0.29, 0.717) is 30.3 Å². The summed E-state index contributed by atoms with van der Waals surface area (Å²) >= 11 is 7.05. The highest BCUT2D eigenvalue weighted by Gasteiger charge is 2.13. The minimum absolute atomic E-state index is 0.425. The molecule has 0 aliphatic carbocycles. The van der Waals surface area contributed by atoms with Gasteiger partial charge in [-0.3, -0.25) is 0 Å². The summed E-state index contributed by atoms with van der Waals surface area (Å²) in [5.41, 5.74) is 4.55. The lowest BCUT2D eigenvalue weighted by Gasteiger charge is -2.15. The quantitative estimate of drug-likeness (QED) is 0.235. The zero-order valence-electron chi connectivity index (χ0n) is 16.8. The van der Waals surface area contributed by atoms with Gasteiger partial charge in [0.25, 0.3) is 0 Å². The van der Waals surface area contributed by atoms with Crippen molar-refractivity contribution in [3.63, 3.8) is 0 Å². The molecule has 5 heteroatoms. The smallest absolute Gasteiger partial charge is 0.175 e. The van der Waals surface area contributed by atoms with E-state index >= 15 is 0 Å². The number of halogens is 2. The van der Waals surface area contributed by atoms with Crippen LogP contribution in [0.4, 0.5) is 0 Å². The molecule has 0 fully saturated rings. The molecule has 0 saturated heterocycles. The molecular formula is C25H21Br2NO2. The van der Waals surface area contributed by atoms with E-state index in [9.17, 15) is 5.26 Å². The molecule has 0 amide bonds. The number of allylic oxidation sites excluding steroid dienone is 1. The largest absolute Gasteiger partial charge is 0.490 e. The SMILES string of the molecule is CCOc1cc(/C=C(\C#N)c2ccc(C)cc2)cc(Br)c1OCc1ccc(Br)cc1. The minimum Gasteiger partial charge on any atom is -0.490 e. The predicted molar refractivity (Wildman–Crippen MR) is 128 cm³/mol. The Bertz CT molecular complexity index is 1080. The molecule has 152 valence electrons. The van der Waals surface area contributed by atoms with Crippen molar-refractivity contribution >= 4 is 43.5 Å². The second-order valence-electron chi connectivity index (χ2n) is 6.71. The number of nitrogens with zero attached hydrogens (tertiary/aromatic N) is 1. The lowest BCUT2D eigenvalue weighted by molar-refractivity contribution is 0.267. The number of aryl methyl sites for hydroxylation is 1. The molecule has 0 N–H and O–H groups in total. The van der Waals surface area contributed by atoms with Gasteiger partial charge in [-0.05, 0) is 76.8 Å². The maximum absolute atomic E-state index is 9.65. The summed E-state index contributed by atoms with van der Waals surface area (Å²) in [4.78, 5) is 0. The monoisotopic (exact) mass is 525 g/mol. The summed E-state index contributed by atoms with van der Waals surface area (Å²) in [6.45, 7) is 4.89. The summed E-state index contributed by atoms with van der Waals surface area (Å²) in [5, 5.41) is 9.65. The van der Waals surface area contributed by atoms with Gasteiger partial charge in [0.15, 0.2) is 11.5 Å². The third-order valence-corrected chi connectivity index (χ3v) is 5.54. The Morgan fingerprint density at radius 3 is 2.33 bits per heavy atom. The van der Waals surface area contributed by atoms with Gasteiger partial charge < -0.3 is 9.47 Å². The van der Waals surface area contributed by atoms with E-state index < -0.39 is 0 Å². The highest BCUT2D eigenvalue weighted by molar-refractivity contribution is 9.10. The highest BCUT2D eigenvalue weighted by Crippen LogP contribution is 2.38. The lowest BCUT2D eigenvalue weighted by atomic mass is 10.0. The van der Waals surface area contributed by atoms with Crippen LogP contribution < -0.4 is 9.47 Å². The second-order valence-corrected chi connectivity index (χ2v) is 8.48. The number of ether oxygens (including phenoxy) is 2. The van der Waals surface area contributed by atoms with Crippen LogP contribution >= 0.6 is 31.9 Å². The van der Waals surface area contributed by atoms with Crippen LogP contribution in [0.15, 0.2) is 69.6 Å². The summed E-state index contributed by atoms with van der Waals surface area (Å²) < 4.78 is 13.7. The average molecular weight is 527 g/mol. The maximum atomic E-state index is 9.65. The minimum atomic E-state index is 0.425. The van der Waals surface area contributed by atoms with Gasteiger partial charge in [0.1, 0.15) is 6.61 Å². The summed E-state index contributed by atoms with van der Waals surface area (Å²) in [7, 11) is 0. The van der Waals surface area contributed by atoms with Gasteiger partial charge in [-0.1, -0.05) is 57.9 Å². The Hall–Kier alpha value is -2.55. The van der Waals surface area contributed by atoms with Gasteiger partial charge in [0, 0.05) is 4.47 Å². The number of rotatable bonds is 7. The standard InChI is InChI=1S/C25H21Br2NO2/c1-3-29-24-14-19(12-21(15-28)20-8-4-17(2)5-9-20)13-23(27)25(24)30-16-18-6-10-22(26)11-7-18/h4-14H,3,16H2,1-2H3/b21-12+. The molecule has 0 aliphatic heterocycles. The third-order valence-electron chi connectivity index (χ3n) is 4.42. The van der Waals surface area contributed by atoms with Crippen LogP contribution in [0.2, 0.25) is 0 Å². The molecule has 0 aromatic heterocycles. The van der Waals surface area contributed by atoms with Gasteiger partial charge in [0.05, 0.1) is 22.7 Å². The van der Waals surface area contributed by atoms with Crippen LogP contribution in [0.25, 0.3) is 11.6 Å². The van der Waals surface area contributed by atoms with Crippen molar-refractivity contribution in [1.82, 2.24) is 0 Å². The van der Waals surface area contributed by atoms with Crippen molar-refractivity contribution in [1.29, 1.82) is 5.26 Å². The zero-order chi connectivity index (χ0) is 21.5. The molecule has 0 spiro atoms. The van der Waals surface area contributed by atoms with Crippen molar-refractivity contribution in [2.75, 3.05) is 6.61 Å². The van der Waals surface area contributed by atoms with Gasteiger partial charge in [-0.25, -0.2) is 0 Å². The molecule has 0 atom stereocenters. The molecular weight excluding hydrogens is 506 g/mol. The Kier molecular flexibility index (Phi) is 7.73. The lowest BCUT2D eigenvalue weighted by Crippen LogP contribution is -2.01. The third kappa shape index (κ3) is 5.75. The molecule has 0 heterocycles. The Morgan fingerprint density at radius 1 is 1.00 bits per heavy atom. The van der Waals surface area contributed by atoms with E-state index in [1.54, 1.807) is 0 Å². The Labute approximate surface area is 194 Å². The fourth-order valence-electron chi connectivity index (χ4n) is 2.89. The summed E-state index contributed by atoms with van der Waals surface area (Å²) in [5.74, 6) is 1.28. The van der Waals surface area contributed by atoms with E-state index in [0.717, 1.165) is 31.2 Å². The number of nitriles is 1. The maximum Gasteiger partial charge on any atom is 0.175 e. The molecule has 0 saturated carbocycles. The summed E-state index contributed by atoms with van der Waals surface area (Å²) in [6.07, 6.45) is 1.86. The van der Waals surface area contributed by atoms with Crippen molar-refractivity contribution < 1.29 is 9.47 Å². The van der Waals surface area contributed by atoms with Gasteiger partial charge in [-0.15, -0.1) is 0 Å². The van der Waals surface area contributed by atoms with Gasteiger partial charge in [0.2, 0.25) is 0 Å². The molecule has 3 nitrogen and oxygen atoms in total. The first kappa shape index (κ1) is 22.1. The zero-order valence-corrected chi connectivity index (χ0v) is 20.0. The molecule has 0 radical (unpaired) electrons. The molecule has 0 unspecified atom stereocenters. The fraction of sp³-hybridized carbons (Fsp3) is 0.160. The number of benzene rings is 3. The van der Waals surface area contributed by atoms with Crippen molar-refractivity contribution in [2.45, 2.75) is 20.5 Å². The van der Waals surface area contributed by atoms with Crippen LogP contribution in [-0.2, 0) is 6.61 Å². The Morgan fingerprint density at radius 2 is 1.70 bits per heavy atom. The molecule has 3 aromatic rings. The first-order valence-electron chi connectivity index (χ1n) is 9.52. The van der Waals surface area contributed by atoms with Crippen LogP contribution in [0, 0.1) is 18.3 Å². The predicted octanol–water partition coefficient (Wildman–Crippen LogP) is 7.56. The molecule has 3 rings (SSSR count). The van der Waals surface area contributed by atoms with Crippen LogP contribution in [0.5, 0.6) is 11.5 Å². The van der Waals surface area contributed by atoms with Crippen molar-refractivity contribution in [3.05, 3.63) is 91.9 Å². The Balaban J connectivity index is 1.90.